The molecule has 1 aliphatic rings. The van der Waals surface area contributed by atoms with Gasteiger partial charge in [-0.15, -0.1) is 0 Å². The summed E-state index contributed by atoms with van der Waals surface area (Å²) in [6.07, 6.45) is 6.96. The fourth-order valence-corrected chi connectivity index (χ4v) is 4.28. The standard InChI is InChI=1S/C17H26N2OS/c1-13-6-4-7-14(12-13)21-11-5-10-17(20)19-16-9-3-2-8-15(16)18/h2-3,8-9,13-14H,4-7,10-12,18H2,1H3,(H,19,20). The smallest absolute Gasteiger partial charge is 0.224 e. The molecule has 0 heterocycles. The topological polar surface area (TPSA) is 55.1 Å². The van der Waals surface area contributed by atoms with Crippen LogP contribution in [0.25, 0.3) is 0 Å². The average molecular weight is 306 g/mol. The summed E-state index contributed by atoms with van der Waals surface area (Å²) < 4.78 is 0. The van der Waals surface area contributed by atoms with E-state index in [0.29, 0.717) is 12.1 Å². The second-order valence-corrected chi connectivity index (χ2v) is 7.41. The number of para-hydroxylation sites is 2. The molecule has 3 N–H and O–H groups in total. The van der Waals surface area contributed by atoms with E-state index in [1.165, 1.54) is 25.7 Å². The zero-order valence-electron chi connectivity index (χ0n) is 12.8. The summed E-state index contributed by atoms with van der Waals surface area (Å²) in [5.74, 6) is 2.01. The van der Waals surface area contributed by atoms with E-state index in [1.54, 1.807) is 6.07 Å². The normalized spacial score (nSPS) is 22.0. The summed E-state index contributed by atoms with van der Waals surface area (Å²) >= 11 is 2.05. The summed E-state index contributed by atoms with van der Waals surface area (Å²) in [5.41, 5.74) is 7.16. The summed E-state index contributed by atoms with van der Waals surface area (Å²) in [5, 5.41) is 3.69. The molecule has 1 amide bonds. The molecule has 1 aromatic carbocycles. The van der Waals surface area contributed by atoms with Gasteiger partial charge in [0.25, 0.3) is 0 Å². The lowest BCUT2D eigenvalue weighted by Crippen LogP contribution is -2.16. The lowest BCUT2D eigenvalue weighted by Gasteiger charge is -2.26. The van der Waals surface area contributed by atoms with Crippen LogP contribution < -0.4 is 11.1 Å². The van der Waals surface area contributed by atoms with Gasteiger partial charge in [-0.2, -0.15) is 11.8 Å². The third-order valence-electron chi connectivity index (χ3n) is 4.02. The second-order valence-electron chi connectivity index (χ2n) is 6.00. The van der Waals surface area contributed by atoms with Crippen molar-refractivity contribution in [1.29, 1.82) is 0 Å². The van der Waals surface area contributed by atoms with Crippen LogP contribution >= 0.6 is 11.8 Å². The second kappa shape index (κ2) is 8.32. The van der Waals surface area contributed by atoms with E-state index < -0.39 is 0 Å². The van der Waals surface area contributed by atoms with Crippen molar-refractivity contribution in [2.45, 2.75) is 50.7 Å². The number of nitrogens with two attached hydrogens (primary N) is 1. The summed E-state index contributed by atoms with van der Waals surface area (Å²) in [4.78, 5) is 11.9. The quantitative estimate of drug-likeness (QED) is 0.608. The number of amides is 1. The number of anilines is 2. The van der Waals surface area contributed by atoms with Crippen LogP contribution in [-0.4, -0.2) is 16.9 Å². The maximum absolute atomic E-state index is 11.9. The molecule has 0 spiro atoms. The first-order valence-corrected chi connectivity index (χ1v) is 8.96. The zero-order valence-corrected chi connectivity index (χ0v) is 13.6. The molecular formula is C17H26N2OS. The summed E-state index contributed by atoms with van der Waals surface area (Å²) in [7, 11) is 0. The molecule has 0 saturated heterocycles. The molecule has 4 heteroatoms. The Labute approximate surface area is 132 Å². The van der Waals surface area contributed by atoms with E-state index in [-0.39, 0.29) is 5.91 Å². The number of benzene rings is 1. The lowest BCUT2D eigenvalue weighted by atomic mass is 9.91. The van der Waals surface area contributed by atoms with E-state index in [0.717, 1.165) is 29.0 Å². The lowest BCUT2D eigenvalue weighted by molar-refractivity contribution is -0.116. The van der Waals surface area contributed by atoms with Crippen molar-refractivity contribution in [3.8, 4) is 0 Å². The van der Waals surface area contributed by atoms with Crippen molar-refractivity contribution in [3.05, 3.63) is 24.3 Å². The van der Waals surface area contributed by atoms with Crippen molar-refractivity contribution >= 4 is 29.0 Å². The number of hydrogen-bond acceptors (Lipinski definition) is 3. The van der Waals surface area contributed by atoms with Crippen LogP contribution in [0.1, 0.15) is 45.4 Å². The minimum absolute atomic E-state index is 0.0607. The molecule has 2 unspecified atom stereocenters. The van der Waals surface area contributed by atoms with Crippen molar-refractivity contribution in [3.63, 3.8) is 0 Å². The van der Waals surface area contributed by atoms with Gasteiger partial charge in [-0.05, 0) is 43.1 Å². The van der Waals surface area contributed by atoms with Crippen LogP contribution in [-0.2, 0) is 4.79 Å². The number of thioether (sulfide) groups is 1. The van der Waals surface area contributed by atoms with Crippen molar-refractivity contribution in [1.82, 2.24) is 0 Å². The van der Waals surface area contributed by atoms with Gasteiger partial charge in [-0.1, -0.05) is 31.9 Å². The molecule has 116 valence electrons. The number of nitrogens with one attached hydrogen (secondary N) is 1. The van der Waals surface area contributed by atoms with Gasteiger partial charge in [-0.3, -0.25) is 4.79 Å². The van der Waals surface area contributed by atoms with Gasteiger partial charge in [0.1, 0.15) is 0 Å². The number of rotatable bonds is 6. The van der Waals surface area contributed by atoms with Crippen molar-refractivity contribution in [2.75, 3.05) is 16.8 Å². The Morgan fingerprint density at radius 3 is 2.95 bits per heavy atom. The number of carbonyl (C=O) groups excluding carboxylic acids is 1. The molecule has 0 aliphatic heterocycles. The molecule has 0 radical (unpaired) electrons. The molecule has 1 aliphatic carbocycles. The zero-order chi connectivity index (χ0) is 15.1. The van der Waals surface area contributed by atoms with Crippen LogP contribution in [0.15, 0.2) is 24.3 Å². The first-order chi connectivity index (χ1) is 10.1. The molecule has 2 atom stereocenters. The van der Waals surface area contributed by atoms with Gasteiger partial charge >= 0.3 is 0 Å². The van der Waals surface area contributed by atoms with Crippen LogP contribution in [0.4, 0.5) is 11.4 Å². The Bertz CT molecular complexity index is 464. The molecule has 0 aromatic heterocycles. The average Bonchev–Trinajstić information content (AvgIpc) is 2.46. The first kappa shape index (κ1) is 16.2. The summed E-state index contributed by atoms with van der Waals surface area (Å²) in [6.45, 7) is 2.35. The molecule has 1 fully saturated rings. The molecule has 1 aromatic rings. The molecule has 1 saturated carbocycles. The molecule has 3 nitrogen and oxygen atoms in total. The largest absolute Gasteiger partial charge is 0.397 e. The van der Waals surface area contributed by atoms with Gasteiger partial charge in [0.05, 0.1) is 11.4 Å². The maximum atomic E-state index is 11.9. The number of hydrogen-bond donors (Lipinski definition) is 2. The highest BCUT2D eigenvalue weighted by atomic mass is 32.2. The SMILES string of the molecule is CC1CCCC(SCCCC(=O)Nc2ccccc2N)C1. The van der Waals surface area contributed by atoms with E-state index in [4.69, 9.17) is 5.73 Å². The third kappa shape index (κ3) is 5.62. The highest BCUT2D eigenvalue weighted by molar-refractivity contribution is 7.99. The minimum Gasteiger partial charge on any atom is -0.397 e. The van der Waals surface area contributed by atoms with E-state index in [9.17, 15) is 4.79 Å². The summed E-state index contributed by atoms with van der Waals surface area (Å²) in [6, 6.07) is 7.39. The highest BCUT2D eigenvalue weighted by Crippen LogP contribution is 2.32. The highest BCUT2D eigenvalue weighted by Gasteiger charge is 2.18. The Balaban J connectivity index is 1.62. The van der Waals surface area contributed by atoms with Gasteiger partial charge in [0.15, 0.2) is 0 Å². The van der Waals surface area contributed by atoms with Gasteiger partial charge in [0, 0.05) is 11.7 Å². The van der Waals surface area contributed by atoms with Gasteiger partial charge < -0.3 is 11.1 Å². The fourth-order valence-electron chi connectivity index (χ4n) is 2.84. The predicted molar refractivity (Wildman–Crippen MR) is 92.6 cm³/mol. The molecular weight excluding hydrogens is 280 g/mol. The van der Waals surface area contributed by atoms with Gasteiger partial charge in [0.2, 0.25) is 5.91 Å². The monoisotopic (exact) mass is 306 g/mol. The molecule has 21 heavy (non-hydrogen) atoms. The minimum atomic E-state index is 0.0607. The van der Waals surface area contributed by atoms with Crippen molar-refractivity contribution in [2.24, 2.45) is 5.92 Å². The van der Waals surface area contributed by atoms with Gasteiger partial charge in [-0.25, -0.2) is 0 Å². The fraction of sp³-hybridized carbons (Fsp3) is 0.588. The predicted octanol–water partition coefficient (Wildman–Crippen LogP) is 4.30. The third-order valence-corrected chi connectivity index (χ3v) is 5.45. The maximum Gasteiger partial charge on any atom is 0.224 e. The Morgan fingerprint density at radius 2 is 2.19 bits per heavy atom. The van der Waals surface area contributed by atoms with Crippen LogP contribution in [0.2, 0.25) is 0 Å². The Kier molecular flexibility index (Phi) is 6.43. The Hall–Kier alpha value is -1.16. The van der Waals surface area contributed by atoms with Crippen LogP contribution in [0.3, 0.4) is 0 Å². The van der Waals surface area contributed by atoms with E-state index in [1.807, 2.05) is 30.0 Å². The van der Waals surface area contributed by atoms with Crippen LogP contribution in [0, 0.1) is 5.92 Å². The van der Waals surface area contributed by atoms with Crippen LogP contribution in [0.5, 0.6) is 0 Å². The number of carbonyl (C=O) groups is 1. The number of nitrogen functional groups attached to an aromatic ring is 1. The molecule has 0 bridgehead atoms. The Morgan fingerprint density at radius 1 is 1.38 bits per heavy atom. The van der Waals surface area contributed by atoms with E-state index >= 15 is 0 Å². The van der Waals surface area contributed by atoms with E-state index in [2.05, 4.69) is 12.2 Å². The first-order valence-electron chi connectivity index (χ1n) is 7.91. The molecule has 2 rings (SSSR count). The van der Waals surface area contributed by atoms with Crippen molar-refractivity contribution < 1.29 is 4.79 Å².